The monoisotopic (exact) mass is 516 g/mol. The molecule has 5 nitrogen and oxygen atoms in total. The molecule has 2 atom stereocenters. The second kappa shape index (κ2) is 10.3. The maximum absolute atomic E-state index is 12.6. The molecule has 2 unspecified atom stereocenters. The summed E-state index contributed by atoms with van der Waals surface area (Å²) in [6.07, 6.45) is 7.03. The van der Waals surface area contributed by atoms with Crippen LogP contribution in [-0.2, 0) is 17.8 Å². The second-order valence-electron chi connectivity index (χ2n) is 8.13. The molecular formula is C21H33IN4OS. The van der Waals surface area contributed by atoms with E-state index >= 15 is 0 Å². The highest BCUT2D eigenvalue weighted by atomic mass is 127. The molecule has 3 aliphatic rings. The summed E-state index contributed by atoms with van der Waals surface area (Å²) >= 11 is 1.82. The van der Waals surface area contributed by atoms with E-state index in [1.165, 1.54) is 36.1 Å². The first kappa shape index (κ1) is 21.9. The molecule has 2 fully saturated rings. The molecule has 1 amide bonds. The molecule has 1 saturated heterocycles. The SMILES string of the molecule is CCNC(=NCCC(=O)N1CCc2sccc2C1)N1CC2CCCCC2C1.I. The van der Waals surface area contributed by atoms with Gasteiger partial charge in [-0.05, 0) is 55.0 Å². The number of fused-ring (bicyclic) bond motifs is 2. The molecule has 3 heterocycles. The number of hydrogen-bond acceptors (Lipinski definition) is 3. The van der Waals surface area contributed by atoms with Gasteiger partial charge in [0.1, 0.15) is 0 Å². The Kier molecular flexibility index (Phi) is 8.02. The van der Waals surface area contributed by atoms with E-state index < -0.39 is 0 Å². The molecule has 7 heteroatoms. The highest BCUT2D eigenvalue weighted by Gasteiger charge is 2.35. The van der Waals surface area contributed by atoms with E-state index in [0.717, 1.165) is 56.9 Å². The Labute approximate surface area is 190 Å². The maximum atomic E-state index is 12.6. The Hall–Kier alpha value is -0.830. The Morgan fingerprint density at radius 1 is 1.25 bits per heavy atom. The van der Waals surface area contributed by atoms with Crippen LogP contribution >= 0.6 is 35.3 Å². The predicted molar refractivity (Wildman–Crippen MR) is 126 cm³/mol. The standard InChI is InChI=1S/C21H32N4OS.HI/c1-2-22-21(25-13-16-5-3-4-6-17(16)14-25)23-10-7-20(26)24-11-8-19-18(15-24)9-12-27-19;/h9,12,16-17H,2-8,10-11,13-15H2,1H3,(H,22,23);1H. The second-order valence-corrected chi connectivity index (χ2v) is 9.13. The smallest absolute Gasteiger partial charge is 0.224 e. The number of aliphatic imine (C=N–C) groups is 1. The molecule has 1 aliphatic carbocycles. The van der Waals surface area contributed by atoms with Crippen molar-refractivity contribution in [2.75, 3.05) is 32.7 Å². The zero-order valence-corrected chi connectivity index (χ0v) is 20.0. The van der Waals surface area contributed by atoms with Crippen LogP contribution in [0.2, 0.25) is 0 Å². The lowest BCUT2D eigenvalue weighted by molar-refractivity contribution is -0.131. The first-order valence-electron chi connectivity index (χ1n) is 10.6. The summed E-state index contributed by atoms with van der Waals surface area (Å²) < 4.78 is 0. The van der Waals surface area contributed by atoms with E-state index in [-0.39, 0.29) is 29.9 Å². The number of carbonyl (C=O) groups excluding carboxylic acids is 1. The van der Waals surface area contributed by atoms with E-state index in [0.29, 0.717) is 13.0 Å². The normalized spacial score (nSPS) is 24.4. The minimum Gasteiger partial charge on any atom is -0.357 e. The topological polar surface area (TPSA) is 47.9 Å². The van der Waals surface area contributed by atoms with Gasteiger partial charge in [0, 0.05) is 44.0 Å². The minimum atomic E-state index is 0. The molecule has 1 saturated carbocycles. The number of halogens is 1. The number of amides is 1. The molecule has 0 bridgehead atoms. The zero-order chi connectivity index (χ0) is 18.6. The number of nitrogens with one attached hydrogen (secondary N) is 1. The van der Waals surface area contributed by atoms with Gasteiger partial charge in [0.15, 0.2) is 5.96 Å². The van der Waals surface area contributed by atoms with Crippen molar-refractivity contribution in [1.82, 2.24) is 15.1 Å². The van der Waals surface area contributed by atoms with Crippen LogP contribution in [0.4, 0.5) is 0 Å². The number of carbonyl (C=O) groups is 1. The van der Waals surface area contributed by atoms with Crippen molar-refractivity contribution < 1.29 is 4.79 Å². The van der Waals surface area contributed by atoms with Gasteiger partial charge in [-0.2, -0.15) is 0 Å². The summed E-state index contributed by atoms with van der Waals surface area (Å²) in [6.45, 7) is 7.49. The van der Waals surface area contributed by atoms with Crippen LogP contribution in [0.3, 0.4) is 0 Å². The van der Waals surface area contributed by atoms with Crippen molar-refractivity contribution in [1.29, 1.82) is 0 Å². The Bertz CT molecular complexity index is 678. The van der Waals surface area contributed by atoms with Gasteiger partial charge in [0.05, 0.1) is 6.54 Å². The summed E-state index contributed by atoms with van der Waals surface area (Å²) in [5.74, 6) is 2.94. The van der Waals surface area contributed by atoms with Crippen LogP contribution in [0.15, 0.2) is 16.4 Å². The minimum absolute atomic E-state index is 0. The molecule has 1 N–H and O–H groups in total. The first-order chi connectivity index (χ1) is 13.2. The molecule has 0 aromatic carbocycles. The Balaban J connectivity index is 0.00000225. The number of likely N-dealkylation sites (tertiary alicyclic amines) is 1. The van der Waals surface area contributed by atoms with Crippen molar-refractivity contribution in [2.24, 2.45) is 16.8 Å². The molecule has 28 heavy (non-hydrogen) atoms. The van der Waals surface area contributed by atoms with Gasteiger partial charge < -0.3 is 15.1 Å². The summed E-state index contributed by atoms with van der Waals surface area (Å²) in [6, 6.07) is 2.16. The number of rotatable bonds is 4. The Morgan fingerprint density at radius 3 is 2.71 bits per heavy atom. The lowest BCUT2D eigenvalue weighted by Gasteiger charge is -2.27. The van der Waals surface area contributed by atoms with Crippen LogP contribution in [0, 0.1) is 11.8 Å². The quantitative estimate of drug-likeness (QED) is 0.377. The van der Waals surface area contributed by atoms with Crippen molar-refractivity contribution in [3.63, 3.8) is 0 Å². The molecule has 156 valence electrons. The molecule has 4 rings (SSSR count). The summed E-state index contributed by atoms with van der Waals surface area (Å²) in [4.78, 5) is 23.3. The lowest BCUT2D eigenvalue weighted by Crippen LogP contribution is -2.40. The van der Waals surface area contributed by atoms with Gasteiger partial charge in [-0.25, -0.2) is 0 Å². The average molecular weight is 516 g/mol. The molecule has 0 spiro atoms. The van der Waals surface area contributed by atoms with Crippen LogP contribution in [0.25, 0.3) is 0 Å². The third kappa shape index (κ3) is 5.01. The van der Waals surface area contributed by atoms with Gasteiger partial charge in [0.25, 0.3) is 0 Å². The van der Waals surface area contributed by atoms with Crippen LogP contribution in [0.5, 0.6) is 0 Å². The number of thiophene rings is 1. The van der Waals surface area contributed by atoms with E-state index in [9.17, 15) is 4.79 Å². The first-order valence-corrected chi connectivity index (χ1v) is 11.5. The molecule has 0 radical (unpaired) electrons. The summed E-state index contributed by atoms with van der Waals surface area (Å²) in [7, 11) is 0. The summed E-state index contributed by atoms with van der Waals surface area (Å²) in [5.41, 5.74) is 1.33. The number of nitrogens with zero attached hydrogens (tertiary/aromatic N) is 3. The average Bonchev–Trinajstić information content (AvgIpc) is 3.33. The van der Waals surface area contributed by atoms with E-state index in [4.69, 9.17) is 4.99 Å². The predicted octanol–water partition coefficient (Wildman–Crippen LogP) is 3.73. The van der Waals surface area contributed by atoms with E-state index in [1.54, 1.807) is 0 Å². The third-order valence-electron chi connectivity index (χ3n) is 6.36. The highest BCUT2D eigenvalue weighted by Crippen LogP contribution is 2.36. The van der Waals surface area contributed by atoms with Crippen LogP contribution < -0.4 is 5.32 Å². The van der Waals surface area contributed by atoms with E-state index in [2.05, 4.69) is 28.6 Å². The fraction of sp³-hybridized carbons (Fsp3) is 0.714. The Morgan fingerprint density at radius 2 is 2.00 bits per heavy atom. The third-order valence-corrected chi connectivity index (χ3v) is 7.38. The maximum Gasteiger partial charge on any atom is 0.224 e. The van der Waals surface area contributed by atoms with Crippen molar-refractivity contribution >= 4 is 47.2 Å². The highest BCUT2D eigenvalue weighted by molar-refractivity contribution is 14.0. The lowest BCUT2D eigenvalue weighted by atomic mass is 9.82. The molecule has 1 aromatic heterocycles. The fourth-order valence-electron chi connectivity index (χ4n) is 4.88. The van der Waals surface area contributed by atoms with E-state index in [1.807, 2.05) is 16.2 Å². The molecule has 1 aromatic rings. The van der Waals surface area contributed by atoms with Gasteiger partial charge in [-0.1, -0.05) is 12.8 Å². The number of guanidine groups is 1. The van der Waals surface area contributed by atoms with Gasteiger partial charge >= 0.3 is 0 Å². The van der Waals surface area contributed by atoms with Crippen molar-refractivity contribution in [3.05, 3.63) is 21.9 Å². The molecule has 2 aliphatic heterocycles. The van der Waals surface area contributed by atoms with Gasteiger partial charge in [0.2, 0.25) is 5.91 Å². The van der Waals surface area contributed by atoms with Crippen LogP contribution in [0.1, 0.15) is 49.5 Å². The van der Waals surface area contributed by atoms with Gasteiger partial charge in [-0.3, -0.25) is 9.79 Å². The van der Waals surface area contributed by atoms with Crippen LogP contribution in [-0.4, -0.2) is 54.4 Å². The van der Waals surface area contributed by atoms with Gasteiger partial charge in [-0.15, -0.1) is 35.3 Å². The molecular weight excluding hydrogens is 483 g/mol. The fourth-order valence-corrected chi connectivity index (χ4v) is 5.77. The zero-order valence-electron chi connectivity index (χ0n) is 16.9. The van der Waals surface area contributed by atoms with Crippen molar-refractivity contribution in [3.8, 4) is 0 Å². The largest absolute Gasteiger partial charge is 0.357 e. The number of hydrogen-bond donors (Lipinski definition) is 1. The summed E-state index contributed by atoms with van der Waals surface area (Å²) in [5, 5.41) is 5.59. The van der Waals surface area contributed by atoms with Crippen molar-refractivity contribution in [2.45, 2.75) is 52.0 Å².